The van der Waals surface area contributed by atoms with Gasteiger partial charge in [-0.05, 0) is 42.3 Å². The van der Waals surface area contributed by atoms with Gasteiger partial charge in [0.05, 0.1) is 11.3 Å². The van der Waals surface area contributed by atoms with Gasteiger partial charge in [0.2, 0.25) is 0 Å². The molecule has 0 aliphatic rings. The third kappa shape index (κ3) is 4.24. The van der Waals surface area contributed by atoms with Crippen molar-refractivity contribution in [3.8, 4) is 0 Å². The van der Waals surface area contributed by atoms with E-state index in [2.05, 4.69) is 26.7 Å². The van der Waals surface area contributed by atoms with Gasteiger partial charge in [-0.15, -0.1) is 0 Å². The standard InChI is InChI=1S/C22H18F2N4O/c23-16-6-7-20(18(24)11-16)28-22(29)15-5-8-21(27-13-15)25-10-9-14-12-26-19-4-2-1-3-17(14)19/h1-8,11-13,26H,9-10H2,(H,25,27)(H,28,29). The molecule has 7 heteroatoms. The summed E-state index contributed by atoms with van der Waals surface area (Å²) in [7, 11) is 0. The molecular formula is C22H18F2N4O. The van der Waals surface area contributed by atoms with Crippen LogP contribution in [0.4, 0.5) is 20.3 Å². The highest BCUT2D eigenvalue weighted by Gasteiger charge is 2.11. The van der Waals surface area contributed by atoms with Crippen molar-refractivity contribution in [1.29, 1.82) is 0 Å². The van der Waals surface area contributed by atoms with Crippen LogP contribution in [0.2, 0.25) is 0 Å². The zero-order valence-electron chi connectivity index (χ0n) is 15.4. The Morgan fingerprint density at radius 1 is 1.07 bits per heavy atom. The number of anilines is 2. The Labute approximate surface area is 165 Å². The van der Waals surface area contributed by atoms with Gasteiger partial charge >= 0.3 is 0 Å². The summed E-state index contributed by atoms with van der Waals surface area (Å²) >= 11 is 0. The number of carbonyl (C=O) groups is 1. The minimum Gasteiger partial charge on any atom is -0.370 e. The molecule has 5 nitrogen and oxygen atoms in total. The van der Waals surface area contributed by atoms with Gasteiger partial charge in [-0.2, -0.15) is 0 Å². The van der Waals surface area contributed by atoms with Gasteiger partial charge < -0.3 is 15.6 Å². The van der Waals surface area contributed by atoms with E-state index in [1.807, 2.05) is 24.4 Å². The number of H-pyrrole nitrogens is 1. The monoisotopic (exact) mass is 392 g/mol. The Kier molecular flexibility index (Phi) is 5.20. The van der Waals surface area contributed by atoms with Crippen LogP contribution in [0.15, 0.2) is 67.0 Å². The highest BCUT2D eigenvalue weighted by atomic mass is 19.1. The highest BCUT2D eigenvalue weighted by molar-refractivity contribution is 6.04. The number of para-hydroxylation sites is 1. The number of amides is 1. The summed E-state index contributed by atoms with van der Waals surface area (Å²) < 4.78 is 26.6. The number of aromatic nitrogens is 2. The minimum atomic E-state index is -0.832. The summed E-state index contributed by atoms with van der Waals surface area (Å²) in [6, 6.07) is 14.4. The molecule has 0 radical (unpaired) electrons. The number of nitrogens with zero attached hydrogens (tertiary/aromatic N) is 1. The Bertz CT molecular complexity index is 1160. The summed E-state index contributed by atoms with van der Waals surface area (Å²) in [5, 5.41) is 6.82. The van der Waals surface area contributed by atoms with Crippen LogP contribution in [0, 0.1) is 11.6 Å². The first kappa shape index (κ1) is 18.6. The predicted molar refractivity (Wildman–Crippen MR) is 109 cm³/mol. The molecule has 0 atom stereocenters. The maximum atomic E-state index is 13.7. The van der Waals surface area contributed by atoms with Gasteiger partial charge in [-0.1, -0.05) is 18.2 Å². The molecule has 146 valence electrons. The fourth-order valence-corrected chi connectivity index (χ4v) is 3.08. The lowest BCUT2D eigenvalue weighted by Gasteiger charge is -2.08. The number of nitrogens with one attached hydrogen (secondary N) is 3. The summed E-state index contributed by atoms with van der Waals surface area (Å²) in [4.78, 5) is 19.7. The molecule has 0 saturated heterocycles. The number of benzene rings is 2. The molecule has 2 heterocycles. The number of hydrogen-bond donors (Lipinski definition) is 3. The first-order valence-electron chi connectivity index (χ1n) is 9.11. The van der Waals surface area contributed by atoms with Gasteiger partial charge in [-0.3, -0.25) is 4.79 Å². The second kappa shape index (κ2) is 8.10. The fraction of sp³-hybridized carbons (Fsp3) is 0.0909. The van der Waals surface area contributed by atoms with Crippen LogP contribution >= 0.6 is 0 Å². The van der Waals surface area contributed by atoms with Crippen molar-refractivity contribution in [2.75, 3.05) is 17.2 Å². The molecule has 2 aromatic carbocycles. The molecule has 4 rings (SSSR count). The topological polar surface area (TPSA) is 69.8 Å². The zero-order chi connectivity index (χ0) is 20.2. The van der Waals surface area contributed by atoms with E-state index in [9.17, 15) is 13.6 Å². The minimum absolute atomic E-state index is 0.0858. The van der Waals surface area contributed by atoms with Gasteiger partial charge in [0.25, 0.3) is 5.91 Å². The molecule has 0 bridgehead atoms. The van der Waals surface area contributed by atoms with Crippen molar-refractivity contribution in [2.45, 2.75) is 6.42 Å². The van der Waals surface area contributed by atoms with E-state index in [1.165, 1.54) is 23.2 Å². The Morgan fingerprint density at radius 3 is 2.72 bits per heavy atom. The van der Waals surface area contributed by atoms with Crippen molar-refractivity contribution in [3.05, 3.63) is 89.8 Å². The van der Waals surface area contributed by atoms with Crippen LogP contribution in [0.5, 0.6) is 0 Å². The van der Waals surface area contributed by atoms with Gasteiger partial charge in [0, 0.05) is 35.9 Å². The van der Waals surface area contributed by atoms with E-state index < -0.39 is 17.5 Å². The predicted octanol–water partition coefficient (Wildman–Crippen LogP) is 4.75. The summed E-state index contributed by atoms with van der Waals surface area (Å²) in [6.45, 7) is 0.682. The summed E-state index contributed by atoms with van der Waals surface area (Å²) in [6.07, 6.45) is 4.23. The van der Waals surface area contributed by atoms with Crippen LogP contribution in [0.1, 0.15) is 15.9 Å². The molecule has 0 saturated carbocycles. The Hall–Kier alpha value is -3.74. The smallest absolute Gasteiger partial charge is 0.257 e. The molecule has 0 aliphatic carbocycles. The lowest BCUT2D eigenvalue weighted by Crippen LogP contribution is -2.14. The van der Waals surface area contributed by atoms with Crippen LogP contribution < -0.4 is 10.6 Å². The van der Waals surface area contributed by atoms with Crippen molar-refractivity contribution in [2.24, 2.45) is 0 Å². The molecule has 0 unspecified atom stereocenters. The molecule has 29 heavy (non-hydrogen) atoms. The molecule has 2 aromatic heterocycles. The number of rotatable bonds is 6. The molecule has 3 N–H and O–H groups in total. The second-order valence-corrected chi connectivity index (χ2v) is 6.55. The average molecular weight is 392 g/mol. The molecule has 0 fully saturated rings. The van der Waals surface area contributed by atoms with Crippen molar-refractivity contribution in [1.82, 2.24) is 9.97 Å². The number of fused-ring (bicyclic) bond motifs is 1. The number of hydrogen-bond acceptors (Lipinski definition) is 3. The van der Waals surface area contributed by atoms with E-state index in [0.717, 1.165) is 18.0 Å². The van der Waals surface area contributed by atoms with Crippen molar-refractivity contribution < 1.29 is 13.6 Å². The van der Waals surface area contributed by atoms with E-state index in [1.54, 1.807) is 12.1 Å². The fourth-order valence-electron chi connectivity index (χ4n) is 3.08. The number of carbonyl (C=O) groups excluding carboxylic acids is 1. The average Bonchev–Trinajstić information content (AvgIpc) is 3.14. The molecule has 0 aliphatic heterocycles. The molecular weight excluding hydrogens is 374 g/mol. The quantitative estimate of drug-likeness (QED) is 0.444. The van der Waals surface area contributed by atoms with Crippen molar-refractivity contribution >= 4 is 28.3 Å². The Morgan fingerprint density at radius 2 is 1.93 bits per heavy atom. The summed E-state index contributed by atoms with van der Waals surface area (Å²) in [5.74, 6) is -1.42. The lowest BCUT2D eigenvalue weighted by molar-refractivity contribution is 0.102. The van der Waals surface area contributed by atoms with Crippen LogP contribution in [-0.2, 0) is 6.42 Å². The Balaban J connectivity index is 1.34. The lowest BCUT2D eigenvalue weighted by atomic mass is 10.1. The van der Waals surface area contributed by atoms with E-state index >= 15 is 0 Å². The third-order valence-corrected chi connectivity index (χ3v) is 4.58. The molecule has 1 amide bonds. The van der Waals surface area contributed by atoms with Crippen molar-refractivity contribution in [3.63, 3.8) is 0 Å². The van der Waals surface area contributed by atoms with E-state index in [0.29, 0.717) is 18.4 Å². The first-order valence-corrected chi connectivity index (χ1v) is 9.11. The second-order valence-electron chi connectivity index (χ2n) is 6.55. The van der Waals surface area contributed by atoms with Gasteiger partial charge in [0.1, 0.15) is 17.5 Å². The highest BCUT2D eigenvalue weighted by Crippen LogP contribution is 2.19. The third-order valence-electron chi connectivity index (χ3n) is 4.58. The largest absolute Gasteiger partial charge is 0.370 e. The number of pyridine rings is 1. The first-order chi connectivity index (χ1) is 14.1. The van der Waals surface area contributed by atoms with Crippen LogP contribution in [0.25, 0.3) is 10.9 Å². The van der Waals surface area contributed by atoms with Gasteiger partial charge in [-0.25, -0.2) is 13.8 Å². The number of aromatic amines is 1. The maximum absolute atomic E-state index is 13.7. The number of halogens is 2. The normalized spacial score (nSPS) is 10.8. The van der Waals surface area contributed by atoms with E-state index in [4.69, 9.17) is 0 Å². The zero-order valence-corrected chi connectivity index (χ0v) is 15.4. The van der Waals surface area contributed by atoms with Gasteiger partial charge in [0.15, 0.2) is 0 Å². The maximum Gasteiger partial charge on any atom is 0.257 e. The molecule has 0 spiro atoms. The molecule has 4 aromatic rings. The van der Waals surface area contributed by atoms with E-state index in [-0.39, 0.29) is 11.3 Å². The van der Waals surface area contributed by atoms with Crippen LogP contribution in [0.3, 0.4) is 0 Å². The summed E-state index contributed by atoms with van der Waals surface area (Å²) in [5.41, 5.74) is 2.51. The SMILES string of the molecule is O=C(Nc1ccc(F)cc1F)c1ccc(NCCc2c[nH]c3ccccc23)nc1. The van der Waals surface area contributed by atoms with Crippen LogP contribution in [-0.4, -0.2) is 22.4 Å².